The Labute approximate surface area is 111 Å². The fourth-order valence-electron chi connectivity index (χ4n) is 1.36. The maximum Gasteiger partial charge on any atom is 0.339 e. The fourth-order valence-corrected chi connectivity index (χ4v) is 2.21. The van der Waals surface area contributed by atoms with Gasteiger partial charge in [0.25, 0.3) is 0 Å². The van der Waals surface area contributed by atoms with Crippen LogP contribution in [0, 0.1) is 11.3 Å². The maximum absolute atomic E-state index is 11.2. The SMILES string of the molecule is Cn1[nH]c(=O)c(=O)nc1Sc1ccc(C#N)c(N)c1. The van der Waals surface area contributed by atoms with E-state index in [4.69, 9.17) is 11.0 Å². The number of nitrogen functional groups attached to an aromatic ring is 1. The van der Waals surface area contributed by atoms with E-state index >= 15 is 0 Å². The number of nitrogens with zero attached hydrogens (tertiary/aromatic N) is 3. The van der Waals surface area contributed by atoms with Gasteiger partial charge in [-0.25, -0.2) is 0 Å². The summed E-state index contributed by atoms with van der Waals surface area (Å²) >= 11 is 1.16. The minimum Gasteiger partial charge on any atom is -0.398 e. The Hall–Kier alpha value is -2.53. The summed E-state index contributed by atoms with van der Waals surface area (Å²) in [4.78, 5) is 26.6. The Balaban J connectivity index is 2.40. The smallest absolute Gasteiger partial charge is 0.339 e. The largest absolute Gasteiger partial charge is 0.398 e. The highest BCUT2D eigenvalue weighted by Gasteiger charge is 2.07. The molecule has 0 aliphatic heterocycles. The van der Waals surface area contributed by atoms with Gasteiger partial charge in [-0.15, -0.1) is 0 Å². The summed E-state index contributed by atoms with van der Waals surface area (Å²) in [7, 11) is 1.57. The summed E-state index contributed by atoms with van der Waals surface area (Å²) in [6, 6.07) is 6.85. The Kier molecular flexibility index (Phi) is 3.39. The van der Waals surface area contributed by atoms with Crippen molar-refractivity contribution < 1.29 is 0 Å². The summed E-state index contributed by atoms with van der Waals surface area (Å²) in [6.07, 6.45) is 0. The number of nitrogens with two attached hydrogens (primary N) is 1. The Morgan fingerprint density at radius 3 is 2.84 bits per heavy atom. The molecule has 19 heavy (non-hydrogen) atoms. The van der Waals surface area contributed by atoms with Gasteiger partial charge in [-0.05, 0) is 18.2 Å². The maximum atomic E-state index is 11.2. The number of H-pyrrole nitrogens is 1. The first-order valence-electron chi connectivity index (χ1n) is 5.16. The highest BCUT2D eigenvalue weighted by molar-refractivity contribution is 7.99. The van der Waals surface area contributed by atoms with Crippen LogP contribution in [0.3, 0.4) is 0 Å². The molecule has 0 fully saturated rings. The molecule has 0 saturated heterocycles. The first-order valence-corrected chi connectivity index (χ1v) is 5.97. The molecule has 0 saturated carbocycles. The van der Waals surface area contributed by atoms with Gasteiger partial charge in [0.2, 0.25) is 0 Å². The third-order valence-electron chi connectivity index (χ3n) is 2.30. The zero-order chi connectivity index (χ0) is 14.0. The van der Waals surface area contributed by atoms with Crippen LogP contribution in [-0.2, 0) is 7.05 Å². The van der Waals surface area contributed by atoms with Crippen molar-refractivity contribution in [3.05, 3.63) is 44.5 Å². The van der Waals surface area contributed by atoms with Crippen LogP contribution >= 0.6 is 11.8 Å². The van der Waals surface area contributed by atoms with E-state index in [9.17, 15) is 9.59 Å². The molecule has 7 nitrogen and oxygen atoms in total. The van der Waals surface area contributed by atoms with E-state index in [1.807, 2.05) is 6.07 Å². The highest BCUT2D eigenvalue weighted by atomic mass is 32.2. The van der Waals surface area contributed by atoms with Gasteiger partial charge in [0.05, 0.1) is 11.3 Å². The Morgan fingerprint density at radius 2 is 2.21 bits per heavy atom. The third kappa shape index (κ3) is 2.66. The lowest BCUT2D eigenvalue weighted by Gasteiger charge is -2.06. The molecule has 0 unspecified atom stereocenters. The number of aromatic amines is 1. The zero-order valence-corrected chi connectivity index (χ0v) is 10.7. The quantitative estimate of drug-likeness (QED) is 0.591. The monoisotopic (exact) mass is 275 g/mol. The number of hydrogen-bond donors (Lipinski definition) is 2. The van der Waals surface area contributed by atoms with Crippen LogP contribution in [0.4, 0.5) is 5.69 Å². The molecule has 1 aromatic carbocycles. The van der Waals surface area contributed by atoms with Crippen molar-refractivity contribution in [3.8, 4) is 6.07 Å². The molecule has 0 aliphatic rings. The molecule has 1 heterocycles. The lowest BCUT2D eigenvalue weighted by Crippen LogP contribution is -2.33. The van der Waals surface area contributed by atoms with Crippen molar-refractivity contribution in [3.63, 3.8) is 0 Å². The number of hydrogen-bond acceptors (Lipinski definition) is 6. The molecule has 2 rings (SSSR count). The van der Waals surface area contributed by atoms with Crippen LogP contribution in [-0.4, -0.2) is 14.8 Å². The summed E-state index contributed by atoms with van der Waals surface area (Å²) in [6.45, 7) is 0. The number of anilines is 1. The van der Waals surface area contributed by atoms with Gasteiger partial charge in [0.1, 0.15) is 6.07 Å². The van der Waals surface area contributed by atoms with Crippen molar-refractivity contribution in [2.24, 2.45) is 7.05 Å². The normalized spacial score (nSPS) is 10.1. The van der Waals surface area contributed by atoms with Crippen LogP contribution < -0.4 is 16.9 Å². The molecule has 0 radical (unpaired) electrons. The number of nitrogens with one attached hydrogen (secondary N) is 1. The first kappa shape index (κ1) is 12.9. The minimum absolute atomic E-state index is 0.328. The fraction of sp³-hybridized carbons (Fsp3) is 0.0909. The molecule has 96 valence electrons. The average Bonchev–Trinajstić information content (AvgIpc) is 2.36. The van der Waals surface area contributed by atoms with Crippen molar-refractivity contribution >= 4 is 17.4 Å². The van der Waals surface area contributed by atoms with E-state index in [1.165, 1.54) is 4.68 Å². The van der Waals surface area contributed by atoms with E-state index in [2.05, 4.69) is 10.1 Å². The highest BCUT2D eigenvalue weighted by Crippen LogP contribution is 2.27. The van der Waals surface area contributed by atoms with Crippen molar-refractivity contribution in [2.75, 3.05) is 5.73 Å². The van der Waals surface area contributed by atoms with Crippen molar-refractivity contribution in [2.45, 2.75) is 10.1 Å². The molecule has 2 aromatic rings. The molecule has 0 spiro atoms. The number of nitriles is 1. The molecular weight excluding hydrogens is 266 g/mol. The predicted molar refractivity (Wildman–Crippen MR) is 69.8 cm³/mol. The van der Waals surface area contributed by atoms with E-state index < -0.39 is 11.1 Å². The van der Waals surface area contributed by atoms with Crippen molar-refractivity contribution in [1.82, 2.24) is 14.8 Å². The van der Waals surface area contributed by atoms with E-state index in [1.54, 1.807) is 25.2 Å². The summed E-state index contributed by atoms with van der Waals surface area (Å²) in [5, 5.41) is 11.4. The second-order valence-electron chi connectivity index (χ2n) is 3.66. The number of aromatic nitrogens is 3. The molecule has 3 N–H and O–H groups in total. The molecule has 0 amide bonds. The van der Waals surface area contributed by atoms with Gasteiger partial charge < -0.3 is 5.73 Å². The second-order valence-corrected chi connectivity index (χ2v) is 4.70. The minimum atomic E-state index is -0.845. The van der Waals surface area contributed by atoms with Gasteiger partial charge in [0.15, 0.2) is 5.16 Å². The number of benzene rings is 1. The predicted octanol–water partition coefficient (Wildman–Crippen LogP) is 0.0737. The molecule has 0 aliphatic carbocycles. The summed E-state index contributed by atoms with van der Waals surface area (Å²) < 4.78 is 1.35. The van der Waals surface area contributed by atoms with Crippen LogP contribution in [0.1, 0.15) is 5.56 Å². The Bertz CT molecular complexity index is 787. The molecule has 1 aromatic heterocycles. The lowest BCUT2D eigenvalue weighted by atomic mass is 10.2. The standard InChI is InChI=1S/C11H9N5O2S/c1-16-11(14-9(17)10(18)15-16)19-7-3-2-6(5-12)8(13)4-7/h2-4H,13H2,1H3,(H,15,18). The van der Waals surface area contributed by atoms with Gasteiger partial charge in [-0.1, -0.05) is 11.8 Å². The zero-order valence-electron chi connectivity index (χ0n) is 9.88. The Morgan fingerprint density at radius 1 is 1.47 bits per heavy atom. The van der Waals surface area contributed by atoms with E-state index in [0.29, 0.717) is 21.3 Å². The van der Waals surface area contributed by atoms with Crippen LogP contribution in [0.5, 0.6) is 0 Å². The number of aryl methyl sites for hydroxylation is 1. The lowest BCUT2D eigenvalue weighted by molar-refractivity contribution is 0.596. The van der Waals surface area contributed by atoms with Crippen LogP contribution in [0.2, 0.25) is 0 Å². The molecular formula is C11H9N5O2S. The van der Waals surface area contributed by atoms with Crippen LogP contribution in [0.25, 0.3) is 0 Å². The first-order chi connectivity index (χ1) is 9.01. The summed E-state index contributed by atoms with van der Waals surface area (Å²) in [5.41, 5.74) is 4.81. The van der Waals surface area contributed by atoms with Gasteiger partial charge >= 0.3 is 11.1 Å². The molecule has 0 atom stereocenters. The van der Waals surface area contributed by atoms with E-state index in [-0.39, 0.29) is 0 Å². The second kappa shape index (κ2) is 4.99. The van der Waals surface area contributed by atoms with Crippen LogP contribution in [0.15, 0.2) is 37.8 Å². The van der Waals surface area contributed by atoms with Gasteiger partial charge in [-0.2, -0.15) is 10.2 Å². The molecule has 0 bridgehead atoms. The average molecular weight is 275 g/mol. The summed E-state index contributed by atoms with van der Waals surface area (Å²) in [5.74, 6) is 0. The third-order valence-corrected chi connectivity index (χ3v) is 3.34. The van der Waals surface area contributed by atoms with Crippen molar-refractivity contribution in [1.29, 1.82) is 5.26 Å². The van der Waals surface area contributed by atoms with Gasteiger partial charge in [0, 0.05) is 11.9 Å². The van der Waals surface area contributed by atoms with E-state index in [0.717, 1.165) is 11.8 Å². The van der Waals surface area contributed by atoms with Gasteiger partial charge in [-0.3, -0.25) is 19.4 Å². The number of rotatable bonds is 2. The molecule has 8 heteroatoms. The topological polar surface area (TPSA) is 118 Å².